The number of esters is 1. The molecule has 1 aromatic heterocycles. The molecule has 1 fully saturated rings. The Labute approximate surface area is 216 Å². The molecular weight excluding hydrogens is 466 g/mol. The molecule has 1 aliphatic heterocycles. The van der Waals surface area contributed by atoms with Gasteiger partial charge < -0.3 is 14.1 Å². The first-order chi connectivity index (χ1) is 18.1. The third-order valence-electron chi connectivity index (χ3n) is 6.92. The van der Waals surface area contributed by atoms with E-state index in [1.54, 1.807) is 0 Å². The standard InChI is InChI=1S/C30H33N3O4/c1-2-3-15-28(34)36-22-33-27-14-8-13-26(29(27)37-30(33)35)32-18-16-31(17-19-32)21-23-9-7-12-25(20-23)24-10-5-4-6-11-24/h4-14,20H,2-3,15-19,21-22H2,1H3. The van der Waals surface area contributed by atoms with E-state index in [1.807, 2.05) is 31.2 Å². The van der Waals surface area contributed by atoms with E-state index in [2.05, 4.69) is 58.3 Å². The summed E-state index contributed by atoms with van der Waals surface area (Å²) in [6.45, 7) is 6.27. The van der Waals surface area contributed by atoms with Crippen molar-refractivity contribution in [3.05, 3.63) is 88.9 Å². The maximum absolute atomic E-state index is 12.6. The number of oxazole rings is 1. The van der Waals surface area contributed by atoms with Crippen LogP contribution in [0.25, 0.3) is 22.2 Å². The molecule has 2 heterocycles. The molecule has 5 rings (SSSR count). The highest BCUT2D eigenvalue weighted by Gasteiger charge is 2.22. The first-order valence-corrected chi connectivity index (χ1v) is 13.0. The predicted octanol–water partition coefficient (Wildman–Crippen LogP) is 5.27. The highest BCUT2D eigenvalue weighted by Crippen LogP contribution is 2.28. The number of carbonyl (C=O) groups is 1. The number of anilines is 1. The van der Waals surface area contributed by atoms with E-state index in [1.165, 1.54) is 21.3 Å². The summed E-state index contributed by atoms with van der Waals surface area (Å²) < 4.78 is 12.3. The molecule has 192 valence electrons. The van der Waals surface area contributed by atoms with Crippen LogP contribution in [0.3, 0.4) is 0 Å². The first kappa shape index (κ1) is 24.8. The SMILES string of the molecule is CCCCC(=O)OCn1c(=O)oc2c(N3CCN(Cc4cccc(-c5ccccc5)c4)CC3)cccc21. The van der Waals surface area contributed by atoms with Crippen LogP contribution < -0.4 is 10.7 Å². The highest BCUT2D eigenvalue weighted by molar-refractivity contribution is 5.87. The second-order valence-corrected chi connectivity index (χ2v) is 9.50. The molecule has 0 atom stereocenters. The summed E-state index contributed by atoms with van der Waals surface area (Å²) in [5.74, 6) is -0.813. The van der Waals surface area contributed by atoms with Gasteiger partial charge in [-0.25, -0.2) is 9.36 Å². The zero-order valence-electron chi connectivity index (χ0n) is 21.3. The van der Waals surface area contributed by atoms with Crippen molar-refractivity contribution in [1.29, 1.82) is 0 Å². The highest BCUT2D eigenvalue weighted by atomic mass is 16.5. The van der Waals surface area contributed by atoms with Crippen molar-refractivity contribution >= 4 is 22.8 Å². The van der Waals surface area contributed by atoms with Crippen LogP contribution in [-0.2, 0) is 22.8 Å². The minimum absolute atomic E-state index is 0.131. The van der Waals surface area contributed by atoms with Crippen LogP contribution in [0, 0.1) is 0 Å². The molecule has 0 spiro atoms. The van der Waals surface area contributed by atoms with E-state index in [0.29, 0.717) is 17.5 Å². The monoisotopic (exact) mass is 499 g/mol. The second-order valence-electron chi connectivity index (χ2n) is 9.50. The molecule has 3 aromatic carbocycles. The van der Waals surface area contributed by atoms with Gasteiger partial charge in [-0.05, 0) is 41.3 Å². The Morgan fingerprint density at radius 1 is 0.919 bits per heavy atom. The van der Waals surface area contributed by atoms with Gasteiger partial charge in [-0.15, -0.1) is 0 Å². The van der Waals surface area contributed by atoms with E-state index in [0.717, 1.165) is 51.3 Å². The van der Waals surface area contributed by atoms with E-state index in [4.69, 9.17) is 9.15 Å². The Balaban J connectivity index is 1.24. The largest absolute Gasteiger partial charge is 0.444 e. The third-order valence-corrected chi connectivity index (χ3v) is 6.92. The van der Waals surface area contributed by atoms with Crippen molar-refractivity contribution < 1.29 is 13.9 Å². The lowest BCUT2D eigenvalue weighted by Crippen LogP contribution is -2.46. The fraction of sp³-hybridized carbons (Fsp3) is 0.333. The third kappa shape index (κ3) is 5.78. The number of piperazine rings is 1. The van der Waals surface area contributed by atoms with Crippen LogP contribution >= 0.6 is 0 Å². The van der Waals surface area contributed by atoms with Gasteiger partial charge >= 0.3 is 11.7 Å². The van der Waals surface area contributed by atoms with Gasteiger partial charge in [-0.2, -0.15) is 0 Å². The summed E-state index contributed by atoms with van der Waals surface area (Å²) >= 11 is 0. The number of rotatable bonds is 9. The molecule has 0 aliphatic carbocycles. The van der Waals surface area contributed by atoms with E-state index in [9.17, 15) is 9.59 Å². The van der Waals surface area contributed by atoms with Gasteiger partial charge in [0.25, 0.3) is 0 Å². The molecule has 1 aliphatic rings. The van der Waals surface area contributed by atoms with Crippen molar-refractivity contribution in [2.24, 2.45) is 0 Å². The van der Waals surface area contributed by atoms with Crippen LogP contribution in [0.1, 0.15) is 31.7 Å². The minimum atomic E-state index is -0.511. The second kappa shape index (κ2) is 11.5. The zero-order valence-corrected chi connectivity index (χ0v) is 21.3. The number of ether oxygens (including phenoxy) is 1. The van der Waals surface area contributed by atoms with Crippen LogP contribution in [0.4, 0.5) is 5.69 Å². The van der Waals surface area contributed by atoms with E-state index >= 15 is 0 Å². The predicted molar refractivity (Wildman–Crippen MR) is 145 cm³/mol. The number of hydrogen-bond acceptors (Lipinski definition) is 6. The Hall–Kier alpha value is -3.84. The molecule has 0 radical (unpaired) electrons. The lowest BCUT2D eigenvalue weighted by Gasteiger charge is -2.36. The Kier molecular flexibility index (Phi) is 7.70. The van der Waals surface area contributed by atoms with Gasteiger partial charge in [0.05, 0.1) is 11.2 Å². The van der Waals surface area contributed by atoms with Gasteiger partial charge in [0.2, 0.25) is 0 Å². The maximum atomic E-state index is 12.6. The van der Waals surface area contributed by atoms with Gasteiger partial charge in [-0.3, -0.25) is 9.69 Å². The lowest BCUT2D eigenvalue weighted by molar-refractivity contribution is -0.147. The van der Waals surface area contributed by atoms with Crippen molar-refractivity contribution in [2.75, 3.05) is 31.1 Å². The lowest BCUT2D eigenvalue weighted by atomic mass is 10.0. The normalized spacial score (nSPS) is 14.2. The van der Waals surface area contributed by atoms with Crippen molar-refractivity contribution in [1.82, 2.24) is 9.47 Å². The molecule has 37 heavy (non-hydrogen) atoms. The van der Waals surface area contributed by atoms with Crippen molar-refractivity contribution in [3.63, 3.8) is 0 Å². The quantitative estimate of drug-likeness (QED) is 0.292. The smallest absolute Gasteiger partial charge is 0.422 e. The summed E-state index contributed by atoms with van der Waals surface area (Å²) in [7, 11) is 0. The summed E-state index contributed by atoms with van der Waals surface area (Å²) in [6.07, 6.45) is 2.04. The molecule has 7 heteroatoms. The molecule has 7 nitrogen and oxygen atoms in total. The topological polar surface area (TPSA) is 67.9 Å². The van der Waals surface area contributed by atoms with Crippen molar-refractivity contribution in [3.8, 4) is 11.1 Å². The molecule has 0 N–H and O–H groups in total. The number of para-hydroxylation sites is 1. The molecule has 1 saturated heterocycles. The summed E-state index contributed by atoms with van der Waals surface area (Å²) in [6, 6.07) is 24.9. The van der Waals surface area contributed by atoms with Crippen molar-refractivity contribution in [2.45, 2.75) is 39.5 Å². The Morgan fingerprint density at radius 2 is 1.68 bits per heavy atom. The molecule has 0 unspecified atom stereocenters. The number of unbranched alkanes of at least 4 members (excludes halogenated alkanes) is 1. The number of hydrogen-bond donors (Lipinski definition) is 0. The van der Waals surface area contributed by atoms with E-state index < -0.39 is 5.76 Å². The van der Waals surface area contributed by atoms with Gasteiger partial charge in [0, 0.05) is 39.1 Å². The van der Waals surface area contributed by atoms with E-state index in [-0.39, 0.29) is 12.7 Å². The summed E-state index contributed by atoms with van der Waals surface area (Å²) in [4.78, 5) is 29.2. The van der Waals surface area contributed by atoms with Crippen LogP contribution in [0.2, 0.25) is 0 Å². The average Bonchev–Trinajstić information content (AvgIpc) is 3.26. The van der Waals surface area contributed by atoms with Gasteiger partial charge in [0.1, 0.15) is 0 Å². The fourth-order valence-electron chi connectivity index (χ4n) is 4.86. The number of carbonyl (C=O) groups excluding carboxylic acids is 1. The molecule has 0 saturated carbocycles. The number of fused-ring (bicyclic) bond motifs is 1. The van der Waals surface area contributed by atoms with Gasteiger partial charge in [-0.1, -0.05) is 67.9 Å². The Bertz CT molecular complexity index is 1400. The van der Waals surface area contributed by atoms with Crippen LogP contribution in [0.15, 0.2) is 82.0 Å². The molecule has 0 amide bonds. The number of benzene rings is 3. The average molecular weight is 500 g/mol. The molecule has 0 bridgehead atoms. The minimum Gasteiger partial charge on any atom is -0.444 e. The molecule has 4 aromatic rings. The first-order valence-electron chi connectivity index (χ1n) is 13.0. The summed E-state index contributed by atoms with van der Waals surface area (Å²) in [5.41, 5.74) is 5.85. The number of aromatic nitrogens is 1. The zero-order chi connectivity index (χ0) is 25.6. The fourth-order valence-corrected chi connectivity index (χ4v) is 4.86. The molecular formula is C30H33N3O4. The summed E-state index contributed by atoms with van der Waals surface area (Å²) in [5, 5.41) is 0. The number of nitrogens with zero attached hydrogens (tertiary/aromatic N) is 3. The maximum Gasteiger partial charge on any atom is 0.422 e. The van der Waals surface area contributed by atoms with Crippen LogP contribution in [0.5, 0.6) is 0 Å². The van der Waals surface area contributed by atoms with Gasteiger partial charge in [0.15, 0.2) is 12.3 Å². The van der Waals surface area contributed by atoms with Crippen LogP contribution in [-0.4, -0.2) is 41.6 Å². The Morgan fingerprint density at radius 3 is 2.46 bits per heavy atom.